The minimum atomic E-state index is -4.03. The van der Waals surface area contributed by atoms with E-state index in [1.807, 2.05) is 0 Å². The van der Waals surface area contributed by atoms with Gasteiger partial charge in [-0.1, -0.05) is 23.4 Å². The van der Waals surface area contributed by atoms with Crippen LogP contribution in [-0.4, -0.2) is 55.0 Å². The van der Waals surface area contributed by atoms with Crippen LogP contribution in [0.1, 0.15) is 19.3 Å². The average molecular weight is 487 g/mol. The Balaban J connectivity index is 1.40. The first kappa shape index (κ1) is 21.6. The van der Waals surface area contributed by atoms with Gasteiger partial charge in [0.15, 0.2) is 6.73 Å². The Morgan fingerprint density at radius 1 is 1.09 bits per heavy atom. The Hall–Kier alpha value is -3.29. The predicted octanol–water partition coefficient (Wildman–Crippen LogP) is 1.54. The highest BCUT2D eigenvalue weighted by atomic mass is 32.2. The van der Waals surface area contributed by atoms with Crippen LogP contribution in [0.5, 0.6) is 0 Å². The molecule has 5 rings (SSSR count). The molecule has 4 aromatic rings. The van der Waals surface area contributed by atoms with Gasteiger partial charge >= 0.3 is 5.97 Å². The number of hydrogen-bond donors (Lipinski definition) is 0. The largest absolute Gasteiger partial charge is 0.441 e. The highest BCUT2D eigenvalue weighted by molar-refractivity contribution is 7.89. The van der Waals surface area contributed by atoms with Crippen LogP contribution in [0, 0.1) is 0 Å². The number of sulfonamides is 1. The Kier molecular flexibility index (Phi) is 5.60. The number of hydrogen-bond acceptors (Lipinski definition) is 10. The van der Waals surface area contributed by atoms with Crippen molar-refractivity contribution < 1.29 is 17.9 Å². The molecule has 0 radical (unpaired) electrons. The van der Waals surface area contributed by atoms with E-state index >= 15 is 0 Å². The molecule has 33 heavy (non-hydrogen) atoms. The monoisotopic (exact) mass is 486 g/mol. The number of carbonyl (C=O) groups excluding carboxylic acids is 1. The molecule has 0 spiro atoms. The van der Waals surface area contributed by atoms with Crippen LogP contribution in [0.15, 0.2) is 52.2 Å². The highest BCUT2D eigenvalue weighted by Crippen LogP contribution is 2.29. The molecular formula is C20H18N6O5S2. The zero-order valence-electron chi connectivity index (χ0n) is 17.2. The number of aromatic nitrogens is 5. The van der Waals surface area contributed by atoms with Gasteiger partial charge in [0.25, 0.3) is 5.56 Å². The number of carbonyl (C=O) groups is 1. The number of fused-ring (bicyclic) bond motifs is 2. The van der Waals surface area contributed by atoms with Gasteiger partial charge in [0.05, 0.1) is 17.1 Å². The van der Waals surface area contributed by atoms with Crippen molar-refractivity contribution in [3.05, 3.63) is 52.8 Å². The fraction of sp³-hybridized carbons (Fsp3) is 0.300. The van der Waals surface area contributed by atoms with Gasteiger partial charge in [-0.05, 0) is 43.5 Å². The van der Waals surface area contributed by atoms with Crippen LogP contribution in [-0.2, 0) is 26.3 Å². The summed E-state index contributed by atoms with van der Waals surface area (Å²) in [4.78, 5) is 25.5. The van der Waals surface area contributed by atoms with Crippen molar-refractivity contribution in [3.8, 4) is 0 Å². The second kappa shape index (κ2) is 8.57. The molecule has 170 valence electrons. The van der Waals surface area contributed by atoms with Gasteiger partial charge in [-0.2, -0.15) is 17.7 Å². The minimum Gasteiger partial charge on any atom is -0.441 e. The van der Waals surface area contributed by atoms with Crippen LogP contribution in [0.25, 0.3) is 21.9 Å². The van der Waals surface area contributed by atoms with E-state index in [2.05, 4.69) is 19.1 Å². The molecule has 2 aromatic heterocycles. The van der Waals surface area contributed by atoms with Crippen molar-refractivity contribution >= 4 is 49.7 Å². The summed E-state index contributed by atoms with van der Waals surface area (Å²) in [6, 6.07) is 10.4. The summed E-state index contributed by atoms with van der Waals surface area (Å²) in [6.45, 7) is -0.294. The van der Waals surface area contributed by atoms with Crippen LogP contribution in [0.4, 0.5) is 0 Å². The quantitative estimate of drug-likeness (QED) is 0.385. The Morgan fingerprint density at radius 3 is 2.79 bits per heavy atom. The van der Waals surface area contributed by atoms with Crippen molar-refractivity contribution in [2.24, 2.45) is 0 Å². The van der Waals surface area contributed by atoms with Crippen LogP contribution < -0.4 is 5.56 Å². The summed E-state index contributed by atoms with van der Waals surface area (Å²) < 4.78 is 42.6. The molecule has 2 aromatic carbocycles. The van der Waals surface area contributed by atoms with Gasteiger partial charge < -0.3 is 4.74 Å². The molecule has 1 aliphatic rings. The van der Waals surface area contributed by atoms with Crippen LogP contribution >= 0.6 is 11.7 Å². The maximum Gasteiger partial charge on any atom is 0.326 e. The van der Waals surface area contributed by atoms with Crippen molar-refractivity contribution in [2.75, 3.05) is 6.54 Å². The number of nitrogens with zero attached hydrogens (tertiary/aromatic N) is 6. The van der Waals surface area contributed by atoms with E-state index < -0.39 is 34.3 Å². The molecule has 11 nitrogen and oxygen atoms in total. The molecule has 0 aliphatic carbocycles. The van der Waals surface area contributed by atoms with Gasteiger partial charge in [-0.3, -0.25) is 9.59 Å². The summed E-state index contributed by atoms with van der Waals surface area (Å²) in [6.07, 6.45) is 1.59. The lowest BCUT2D eigenvalue weighted by Gasteiger charge is -2.32. The van der Waals surface area contributed by atoms with E-state index in [9.17, 15) is 18.0 Å². The Morgan fingerprint density at radius 2 is 1.91 bits per heavy atom. The number of piperidine rings is 1. The third-order valence-corrected chi connectivity index (χ3v) is 8.00. The zero-order chi connectivity index (χ0) is 23.0. The van der Waals surface area contributed by atoms with E-state index in [-0.39, 0.29) is 17.0 Å². The molecule has 1 fully saturated rings. The summed E-state index contributed by atoms with van der Waals surface area (Å²) in [7, 11) is -4.03. The highest BCUT2D eigenvalue weighted by Gasteiger charge is 2.39. The predicted molar refractivity (Wildman–Crippen MR) is 119 cm³/mol. The second-order valence-electron chi connectivity index (χ2n) is 7.52. The van der Waals surface area contributed by atoms with Crippen LogP contribution in [0.2, 0.25) is 0 Å². The second-order valence-corrected chi connectivity index (χ2v) is 9.91. The molecule has 0 bridgehead atoms. The van der Waals surface area contributed by atoms with E-state index in [0.717, 1.165) is 20.7 Å². The van der Waals surface area contributed by atoms with Gasteiger partial charge in [-0.15, -0.1) is 5.10 Å². The molecular weight excluding hydrogens is 468 g/mol. The zero-order valence-corrected chi connectivity index (χ0v) is 18.8. The topological polar surface area (TPSA) is 137 Å². The SMILES string of the molecule is O=C(OCn1nnc2ccccc2c1=O)C1CCCCN1S(=O)(=O)c1cccc2nsnc12. The molecule has 1 unspecified atom stereocenters. The summed E-state index contributed by atoms with van der Waals surface area (Å²) in [5.41, 5.74) is 0.731. The third kappa shape index (κ3) is 3.87. The normalized spacial score (nSPS) is 17.4. The Bertz CT molecular complexity index is 1520. The molecule has 1 atom stereocenters. The molecule has 3 heterocycles. The average Bonchev–Trinajstić information content (AvgIpc) is 3.32. The molecule has 0 saturated carbocycles. The third-order valence-electron chi connectivity index (χ3n) is 5.52. The minimum absolute atomic E-state index is 0.00469. The van der Waals surface area contributed by atoms with Crippen molar-refractivity contribution in [1.29, 1.82) is 0 Å². The number of ether oxygens (including phenoxy) is 1. The van der Waals surface area contributed by atoms with Gasteiger partial charge in [0.2, 0.25) is 10.0 Å². The first-order valence-electron chi connectivity index (χ1n) is 10.2. The molecule has 0 amide bonds. The van der Waals surface area contributed by atoms with Crippen molar-refractivity contribution in [1.82, 2.24) is 28.0 Å². The lowest BCUT2D eigenvalue weighted by atomic mass is 10.1. The lowest BCUT2D eigenvalue weighted by Crippen LogP contribution is -2.48. The fourth-order valence-corrected chi connectivity index (χ4v) is 6.27. The Labute approximate surface area is 192 Å². The lowest BCUT2D eigenvalue weighted by molar-refractivity contribution is -0.153. The van der Waals surface area contributed by atoms with Gasteiger partial charge in [-0.25, -0.2) is 8.42 Å². The summed E-state index contributed by atoms with van der Waals surface area (Å²) in [5, 5.41) is 8.09. The van der Waals surface area contributed by atoms with Gasteiger partial charge in [0.1, 0.15) is 27.5 Å². The van der Waals surface area contributed by atoms with E-state index in [1.165, 1.54) is 6.07 Å². The number of esters is 1. The van der Waals surface area contributed by atoms with E-state index in [0.29, 0.717) is 35.7 Å². The summed E-state index contributed by atoms with van der Waals surface area (Å²) in [5.74, 6) is -0.747. The van der Waals surface area contributed by atoms with E-state index in [1.54, 1.807) is 36.4 Å². The molecule has 1 saturated heterocycles. The smallest absolute Gasteiger partial charge is 0.326 e. The maximum absolute atomic E-state index is 13.5. The van der Waals surface area contributed by atoms with Crippen molar-refractivity contribution in [3.63, 3.8) is 0 Å². The first-order valence-corrected chi connectivity index (χ1v) is 12.4. The summed E-state index contributed by atoms with van der Waals surface area (Å²) >= 11 is 0.925. The van der Waals surface area contributed by atoms with Gasteiger partial charge in [0, 0.05) is 6.54 Å². The van der Waals surface area contributed by atoms with E-state index in [4.69, 9.17) is 4.74 Å². The molecule has 1 aliphatic heterocycles. The van der Waals surface area contributed by atoms with Crippen LogP contribution in [0.3, 0.4) is 0 Å². The van der Waals surface area contributed by atoms with Crippen molar-refractivity contribution in [2.45, 2.75) is 36.9 Å². The first-order chi connectivity index (χ1) is 16.0. The maximum atomic E-state index is 13.5. The molecule has 13 heteroatoms. The fourth-order valence-electron chi connectivity index (χ4n) is 3.87. The number of benzene rings is 2. The standard InChI is InChI=1S/C20H18N6O5S2/c27-19-13-6-1-2-7-14(13)21-24-25(19)12-31-20(28)16-9-3-4-11-26(16)33(29,30)17-10-5-8-15-18(17)23-32-22-15/h1-2,5-8,10,16H,3-4,9,11-12H2. The number of rotatable bonds is 5. The molecule has 0 N–H and O–H groups in total.